The fourth-order valence-corrected chi connectivity index (χ4v) is 2.94. The molecule has 0 spiro atoms. The van der Waals surface area contributed by atoms with Crippen molar-refractivity contribution in [2.24, 2.45) is 0 Å². The summed E-state index contributed by atoms with van der Waals surface area (Å²) in [5.74, 6) is 0. The van der Waals surface area contributed by atoms with E-state index in [2.05, 4.69) is 34.7 Å². The summed E-state index contributed by atoms with van der Waals surface area (Å²) in [7, 11) is 0. The van der Waals surface area contributed by atoms with Crippen LogP contribution in [-0.2, 0) is 13.0 Å². The minimum absolute atomic E-state index is 0.118. The van der Waals surface area contributed by atoms with Crippen LogP contribution in [0.25, 0.3) is 0 Å². The van der Waals surface area contributed by atoms with E-state index in [0.29, 0.717) is 12.6 Å². The summed E-state index contributed by atoms with van der Waals surface area (Å²) in [5.41, 5.74) is 3.91. The molecule has 1 aliphatic carbocycles. The molecule has 0 fully saturated rings. The van der Waals surface area contributed by atoms with Crippen molar-refractivity contribution in [2.75, 3.05) is 11.9 Å². The number of aromatic nitrogens is 2. The molecule has 0 bridgehead atoms. The minimum Gasteiger partial charge on any atom is -0.394 e. The molecule has 1 atom stereocenters. The molecule has 1 aromatic heterocycles. The van der Waals surface area contributed by atoms with Crippen molar-refractivity contribution < 1.29 is 5.11 Å². The van der Waals surface area contributed by atoms with Crippen LogP contribution in [0.2, 0.25) is 0 Å². The Kier molecular flexibility index (Phi) is 4.02. The summed E-state index contributed by atoms with van der Waals surface area (Å²) in [5, 5.41) is 16.8. The first-order chi connectivity index (χ1) is 9.86. The van der Waals surface area contributed by atoms with Gasteiger partial charge in [-0.25, -0.2) is 0 Å². The van der Waals surface area contributed by atoms with Gasteiger partial charge in [-0.1, -0.05) is 30.7 Å². The number of aliphatic hydroxyl groups is 1. The molecule has 4 heteroatoms. The lowest BCUT2D eigenvalue weighted by Gasteiger charge is -2.19. The summed E-state index contributed by atoms with van der Waals surface area (Å²) in [6.07, 6.45) is 8.64. The highest BCUT2D eigenvalue weighted by atomic mass is 16.3. The average molecular weight is 271 g/mol. The van der Waals surface area contributed by atoms with Gasteiger partial charge in [-0.2, -0.15) is 5.10 Å². The van der Waals surface area contributed by atoms with Crippen LogP contribution in [0.3, 0.4) is 0 Å². The molecule has 1 aliphatic rings. The van der Waals surface area contributed by atoms with Crippen molar-refractivity contribution in [1.29, 1.82) is 0 Å². The molecule has 1 unspecified atom stereocenters. The molecular weight excluding hydrogens is 250 g/mol. The Bertz CT molecular complexity index is 564. The predicted molar refractivity (Wildman–Crippen MR) is 79.7 cm³/mol. The van der Waals surface area contributed by atoms with E-state index in [1.165, 1.54) is 30.4 Å². The van der Waals surface area contributed by atoms with Crippen molar-refractivity contribution >= 4 is 5.69 Å². The summed E-state index contributed by atoms with van der Waals surface area (Å²) in [6.45, 7) is 0.663. The van der Waals surface area contributed by atoms with Crippen LogP contribution in [0, 0.1) is 0 Å². The second kappa shape index (κ2) is 6.09. The second-order valence-corrected chi connectivity index (χ2v) is 5.36. The van der Waals surface area contributed by atoms with Gasteiger partial charge < -0.3 is 10.4 Å². The van der Waals surface area contributed by atoms with Crippen molar-refractivity contribution in [3.8, 4) is 0 Å². The number of nitrogens with zero attached hydrogens (tertiary/aromatic N) is 2. The van der Waals surface area contributed by atoms with E-state index in [0.717, 1.165) is 12.1 Å². The van der Waals surface area contributed by atoms with Crippen LogP contribution < -0.4 is 5.32 Å². The van der Waals surface area contributed by atoms with Crippen molar-refractivity contribution in [2.45, 2.75) is 38.3 Å². The number of hydrogen-bond donors (Lipinski definition) is 2. The maximum absolute atomic E-state index is 8.94. The highest BCUT2D eigenvalue weighted by molar-refractivity contribution is 5.44. The molecule has 0 saturated carbocycles. The van der Waals surface area contributed by atoms with E-state index in [1.54, 1.807) is 4.68 Å². The number of benzene rings is 1. The van der Waals surface area contributed by atoms with E-state index < -0.39 is 0 Å². The van der Waals surface area contributed by atoms with Gasteiger partial charge in [0.15, 0.2) is 0 Å². The van der Waals surface area contributed by atoms with Crippen LogP contribution in [0.15, 0.2) is 36.7 Å². The van der Waals surface area contributed by atoms with Crippen LogP contribution >= 0.6 is 0 Å². The zero-order chi connectivity index (χ0) is 13.8. The van der Waals surface area contributed by atoms with Gasteiger partial charge in [0.25, 0.3) is 0 Å². The Morgan fingerprint density at radius 1 is 1.30 bits per heavy atom. The molecule has 2 aromatic rings. The van der Waals surface area contributed by atoms with E-state index in [9.17, 15) is 0 Å². The molecular formula is C16H21N3O. The van der Waals surface area contributed by atoms with Crippen molar-refractivity contribution in [3.63, 3.8) is 0 Å². The zero-order valence-electron chi connectivity index (χ0n) is 11.6. The van der Waals surface area contributed by atoms with Gasteiger partial charge in [-0.3, -0.25) is 4.68 Å². The monoisotopic (exact) mass is 271 g/mol. The first-order valence-corrected chi connectivity index (χ1v) is 7.34. The molecule has 0 amide bonds. The Balaban J connectivity index is 1.79. The second-order valence-electron chi connectivity index (χ2n) is 5.36. The first kappa shape index (κ1) is 13.2. The van der Waals surface area contributed by atoms with Gasteiger partial charge in [0.1, 0.15) is 0 Å². The minimum atomic E-state index is 0.118. The van der Waals surface area contributed by atoms with Crippen LogP contribution in [-0.4, -0.2) is 21.5 Å². The highest BCUT2D eigenvalue weighted by Gasteiger charge is 2.18. The lowest BCUT2D eigenvalue weighted by molar-refractivity contribution is 0.269. The molecule has 106 valence electrons. The summed E-state index contributed by atoms with van der Waals surface area (Å²) >= 11 is 0. The SMILES string of the molecule is OCCn1cc(NC2CCCCc3ccccc32)cn1. The number of rotatable bonds is 4. The van der Waals surface area contributed by atoms with E-state index in [-0.39, 0.29) is 6.61 Å². The molecule has 20 heavy (non-hydrogen) atoms. The van der Waals surface area contributed by atoms with Gasteiger partial charge in [0.2, 0.25) is 0 Å². The normalized spacial score (nSPS) is 18.4. The van der Waals surface area contributed by atoms with Crippen molar-refractivity contribution in [3.05, 3.63) is 47.8 Å². The number of nitrogens with one attached hydrogen (secondary N) is 1. The Labute approximate surface area is 119 Å². The molecule has 3 rings (SSSR count). The zero-order valence-corrected chi connectivity index (χ0v) is 11.6. The quantitative estimate of drug-likeness (QED) is 0.841. The van der Waals surface area contributed by atoms with Crippen molar-refractivity contribution in [1.82, 2.24) is 9.78 Å². The standard InChI is InChI=1S/C16H21N3O/c20-10-9-19-12-14(11-17-19)18-16-8-4-2-6-13-5-1-3-7-15(13)16/h1,3,5,7,11-12,16,18,20H,2,4,6,8-10H2. The average Bonchev–Trinajstić information content (AvgIpc) is 2.80. The Morgan fingerprint density at radius 3 is 3.10 bits per heavy atom. The fourth-order valence-electron chi connectivity index (χ4n) is 2.94. The maximum atomic E-state index is 8.94. The van der Waals surface area contributed by atoms with Crippen LogP contribution in [0.1, 0.15) is 36.4 Å². The topological polar surface area (TPSA) is 50.1 Å². The van der Waals surface area contributed by atoms with Gasteiger partial charge in [-0.15, -0.1) is 0 Å². The number of anilines is 1. The largest absolute Gasteiger partial charge is 0.394 e. The molecule has 0 radical (unpaired) electrons. The number of hydrogen-bond acceptors (Lipinski definition) is 3. The molecule has 2 N–H and O–H groups in total. The molecule has 4 nitrogen and oxygen atoms in total. The molecule has 0 aliphatic heterocycles. The number of fused-ring (bicyclic) bond motifs is 1. The predicted octanol–water partition coefficient (Wildman–Crippen LogP) is 2.76. The van der Waals surface area contributed by atoms with Gasteiger partial charge >= 0.3 is 0 Å². The molecule has 1 aromatic carbocycles. The van der Waals surface area contributed by atoms with Gasteiger partial charge in [0, 0.05) is 6.20 Å². The highest BCUT2D eigenvalue weighted by Crippen LogP contribution is 2.31. The van der Waals surface area contributed by atoms with Gasteiger partial charge in [-0.05, 0) is 30.4 Å². The third kappa shape index (κ3) is 2.85. The van der Waals surface area contributed by atoms with E-state index in [1.807, 2.05) is 12.4 Å². The lowest BCUT2D eigenvalue weighted by Crippen LogP contribution is -2.10. The fraction of sp³-hybridized carbons (Fsp3) is 0.438. The van der Waals surface area contributed by atoms with E-state index >= 15 is 0 Å². The van der Waals surface area contributed by atoms with Crippen LogP contribution in [0.4, 0.5) is 5.69 Å². The number of aliphatic hydroxyl groups excluding tert-OH is 1. The number of aryl methyl sites for hydroxylation is 1. The summed E-state index contributed by atoms with van der Waals surface area (Å²) in [4.78, 5) is 0. The lowest BCUT2D eigenvalue weighted by atomic mass is 9.99. The molecule has 1 heterocycles. The summed E-state index contributed by atoms with van der Waals surface area (Å²) < 4.78 is 1.77. The third-order valence-electron chi connectivity index (χ3n) is 3.92. The Morgan fingerprint density at radius 2 is 2.20 bits per heavy atom. The third-order valence-corrected chi connectivity index (χ3v) is 3.92. The summed E-state index contributed by atoms with van der Waals surface area (Å²) in [6, 6.07) is 9.08. The van der Waals surface area contributed by atoms with Crippen LogP contribution in [0.5, 0.6) is 0 Å². The smallest absolute Gasteiger partial charge is 0.0731 e. The first-order valence-electron chi connectivity index (χ1n) is 7.34. The Hall–Kier alpha value is -1.81. The van der Waals surface area contributed by atoms with E-state index in [4.69, 9.17) is 5.11 Å². The maximum Gasteiger partial charge on any atom is 0.0731 e. The van der Waals surface area contributed by atoms with Gasteiger partial charge in [0.05, 0.1) is 31.1 Å². The molecule has 0 saturated heterocycles.